The van der Waals surface area contributed by atoms with Crippen molar-refractivity contribution >= 4 is 5.52 Å². The van der Waals surface area contributed by atoms with Gasteiger partial charge in [0.25, 0.3) is 0 Å². The molecule has 0 amide bonds. The van der Waals surface area contributed by atoms with Gasteiger partial charge in [-0.15, -0.1) is 0 Å². The number of nitrogens with zero attached hydrogens (tertiary/aromatic N) is 3. The summed E-state index contributed by atoms with van der Waals surface area (Å²) < 4.78 is 41.8. The number of benzene rings is 1. The molecule has 0 saturated carbocycles. The van der Waals surface area contributed by atoms with Crippen molar-refractivity contribution in [3.63, 3.8) is 0 Å². The lowest BCUT2D eigenvalue weighted by Gasteiger charge is -2.25. The molecular weight excluding hydrogens is 459 g/mol. The summed E-state index contributed by atoms with van der Waals surface area (Å²) in [4.78, 5) is 4.50. The summed E-state index contributed by atoms with van der Waals surface area (Å²) in [6.45, 7) is 10.6. The van der Waals surface area contributed by atoms with Crippen LogP contribution in [0.2, 0.25) is 0 Å². The number of unbranched alkanes of at least 4 members (excludes halogenated alkanes) is 1. The van der Waals surface area contributed by atoms with Crippen molar-refractivity contribution in [2.24, 2.45) is 0 Å². The zero-order valence-corrected chi connectivity index (χ0v) is 21.1. The average Bonchev–Trinajstić information content (AvgIpc) is 3.19. The summed E-state index contributed by atoms with van der Waals surface area (Å²) in [5, 5.41) is 4.67. The quantitative estimate of drug-likeness (QED) is 0.174. The molecule has 0 fully saturated rings. The van der Waals surface area contributed by atoms with E-state index in [4.69, 9.17) is 0 Å². The molecule has 3 heterocycles. The summed E-state index contributed by atoms with van der Waals surface area (Å²) in [6.07, 6.45) is 3.06. The minimum Gasteiger partial charge on any atom is -0.261 e. The van der Waals surface area contributed by atoms with Crippen molar-refractivity contribution in [1.82, 2.24) is 14.6 Å². The second kappa shape index (κ2) is 10.3. The van der Waals surface area contributed by atoms with E-state index in [0.717, 1.165) is 59.8 Å². The van der Waals surface area contributed by atoms with Gasteiger partial charge in [-0.25, -0.2) is 4.52 Å². The first-order valence-electron chi connectivity index (χ1n) is 12.3. The third-order valence-electron chi connectivity index (χ3n) is 6.62. The average molecular weight is 492 g/mol. The van der Waals surface area contributed by atoms with Crippen LogP contribution in [0.3, 0.4) is 0 Å². The molecule has 36 heavy (non-hydrogen) atoms. The molecule has 0 saturated heterocycles. The molecule has 0 aliphatic heterocycles. The molecule has 0 radical (unpaired) electrons. The first-order valence-corrected chi connectivity index (χ1v) is 12.3. The first-order chi connectivity index (χ1) is 17.0. The molecule has 0 N–H and O–H groups in total. The number of rotatable bonds is 9. The number of allylic oxidation sites excluding steroid dienone is 1. The number of hydrogen-bond acceptors (Lipinski definition) is 2. The summed E-state index contributed by atoms with van der Waals surface area (Å²) in [5.74, 6) is 0. The maximum atomic E-state index is 13.4. The number of pyridine rings is 2. The lowest BCUT2D eigenvalue weighted by atomic mass is 9.81. The van der Waals surface area contributed by atoms with E-state index >= 15 is 0 Å². The fourth-order valence-corrected chi connectivity index (χ4v) is 4.72. The number of halogens is 3. The second-order valence-corrected chi connectivity index (χ2v) is 10.2. The monoisotopic (exact) mass is 491 g/mol. The predicted octanol–water partition coefficient (Wildman–Crippen LogP) is 8.36. The Morgan fingerprint density at radius 3 is 2.42 bits per heavy atom. The number of aromatic nitrogens is 3. The van der Waals surface area contributed by atoms with Crippen LogP contribution in [0.25, 0.3) is 16.6 Å². The van der Waals surface area contributed by atoms with Gasteiger partial charge in [0, 0.05) is 29.1 Å². The third kappa shape index (κ3) is 5.86. The Balaban J connectivity index is 1.49. The van der Waals surface area contributed by atoms with E-state index in [1.54, 1.807) is 4.52 Å². The van der Waals surface area contributed by atoms with Crippen LogP contribution in [0.1, 0.15) is 62.0 Å². The highest BCUT2D eigenvalue weighted by Gasteiger charge is 2.31. The fourth-order valence-electron chi connectivity index (χ4n) is 4.72. The molecule has 4 aromatic rings. The highest BCUT2D eigenvalue weighted by molar-refractivity contribution is 5.83. The van der Waals surface area contributed by atoms with Crippen LogP contribution in [0.15, 0.2) is 79.1 Å². The van der Waals surface area contributed by atoms with Gasteiger partial charge < -0.3 is 0 Å². The molecule has 6 heteroatoms. The Morgan fingerprint density at radius 1 is 1.00 bits per heavy atom. The van der Waals surface area contributed by atoms with E-state index in [0.29, 0.717) is 11.9 Å². The number of alkyl halides is 3. The second-order valence-electron chi connectivity index (χ2n) is 10.2. The standard InChI is InChI=1S/C30H32F3N3/c1-21-12-14-23(15-13-21)28-25(35-36-18-16-24(19-26(28)36)30(31,32)33)10-6-5-9-22(2)20-29(3,4)27-11-7-8-17-34-27/h7-8,11-19H,2,5-6,9-10,20H2,1,3-4H3. The molecule has 3 aromatic heterocycles. The molecular formula is C30H32F3N3. The van der Waals surface area contributed by atoms with Crippen LogP contribution in [-0.2, 0) is 18.0 Å². The molecule has 0 aliphatic carbocycles. The third-order valence-corrected chi connectivity index (χ3v) is 6.62. The SMILES string of the molecule is C=C(CCCCc1nn2ccc(C(F)(F)F)cc2c1-c1ccc(C)cc1)CC(C)(C)c1ccccn1. The highest BCUT2D eigenvalue weighted by atomic mass is 19.4. The van der Waals surface area contributed by atoms with Crippen LogP contribution in [0.5, 0.6) is 0 Å². The van der Waals surface area contributed by atoms with Crippen LogP contribution < -0.4 is 0 Å². The van der Waals surface area contributed by atoms with Gasteiger partial charge in [-0.1, -0.05) is 61.9 Å². The molecule has 0 spiro atoms. The Bertz CT molecular complexity index is 1330. The number of aryl methyl sites for hydroxylation is 2. The zero-order valence-electron chi connectivity index (χ0n) is 21.1. The number of fused-ring (bicyclic) bond motifs is 1. The fraction of sp³-hybridized carbons (Fsp3) is 0.333. The molecule has 0 bridgehead atoms. The maximum Gasteiger partial charge on any atom is 0.416 e. The van der Waals surface area contributed by atoms with Crippen molar-refractivity contribution in [3.05, 3.63) is 102 Å². The minimum absolute atomic E-state index is 0.0886. The molecule has 3 nitrogen and oxygen atoms in total. The predicted molar refractivity (Wildman–Crippen MR) is 139 cm³/mol. The Labute approximate surface area is 210 Å². The lowest BCUT2D eigenvalue weighted by Crippen LogP contribution is -2.19. The van der Waals surface area contributed by atoms with E-state index in [2.05, 4.69) is 30.5 Å². The Morgan fingerprint density at radius 2 is 1.75 bits per heavy atom. The van der Waals surface area contributed by atoms with E-state index in [-0.39, 0.29) is 5.41 Å². The van der Waals surface area contributed by atoms with E-state index in [9.17, 15) is 13.2 Å². The molecule has 0 unspecified atom stereocenters. The van der Waals surface area contributed by atoms with Crippen LogP contribution in [0.4, 0.5) is 13.2 Å². The molecule has 188 valence electrons. The Hall–Kier alpha value is -3.41. The van der Waals surface area contributed by atoms with Gasteiger partial charge in [0.05, 0.1) is 16.8 Å². The van der Waals surface area contributed by atoms with Crippen molar-refractivity contribution in [2.75, 3.05) is 0 Å². The van der Waals surface area contributed by atoms with Crippen LogP contribution in [-0.4, -0.2) is 14.6 Å². The summed E-state index contributed by atoms with van der Waals surface area (Å²) >= 11 is 0. The van der Waals surface area contributed by atoms with Gasteiger partial charge in [0.15, 0.2) is 0 Å². The summed E-state index contributed by atoms with van der Waals surface area (Å²) in [5.41, 5.74) is 5.52. The van der Waals surface area contributed by atoms with Crippen molar-refractivity contribution in [1.29, 1.82) is 0 Å². The van der Waals surface area contributed by atoms with Crippen LogP contribution in [0, 0.1) is 6.92 Å². The van der Waals surface area contributed by atoms with Crippen molar-refractivity contribution < 1.29 is 13.2 Å². The van der Waals surface area contributed by atoms with E-state index < -0.39 is 11.7 Å². The van der Waals surface area contributed by atoms with Crippen LogP contribution >= 0.6 is 0 Å². The largest absolute Gasteiger partial charge is 0.416 e. The van der Waals surface area contributed by atoms with Gasteiger partial charge in [-0.3, -0.25) is 4.98 Å². The van der Waals surface area contributed by atoms with E-state index in [1.165, 1.54) is 17.8 Å². The topological polar surface area (TPSA) is 30.2 Å². The zero-order chi connectivity index (χ0) is 25.9. The van der Waals surface area contributed by atoms with Crippen molar-refractivity contribution in [3.8, 4) is 11.1 Å². The van der Waals surface area contributed by atoms with Gasteiger partial charge >= 0.3 is 6.18 Å². The molecule has 1 aromatic carbocycles. The summed E-state index contributed by atoms with van der Waals surface area (Å²) in [6, 6.07) is 16.1. The van der Waals surface area contributed by atoms with Crippen molar-refractivity contribution in [2.45, 2.75) is 64.5 Å². The summed E-state index contributed by atoms with van der Waals surface area (Å²) in [7, 11) is 0. The van der Waals surface area contributed by atoms with Gasteiger partial charge in [-0.2, -0.15) is 18.3 Å². The molecule has 0 aliphatic rings. The molecule has 4 rings (SSSR count). The van der Waals surface area contributed by atoms with Gasteiger partial charge in [-0.05, 0) is 68.9 Å². The van der Waals surface area contributed by atoms with E-state index in [1.807, 2.05) is 55.6 Å². The Kier molecular flexibility index (Phi) is 7.34. The normalized spacial score (nSPS) is 12.3. The number of hydrogen-bond donors (Lipinski definition) is 0. The maximum absolute atomic E-state index is 13.4. The van der Waals surface area contributed by atoms with Gasteiger partial charge in [0.2, 0.25) is 0 Å². The smallest absolute Gasteiger partial charge is 0.261 e. The molecule has 0 atom stereocenters. The lowest BCUT2D eigenvalue weighted by molar-refractivity contribution is -0.137. The first kappa shape index (κ1) is 25.7. The highest BCUT2D eigenvalue weighted by Crippen LogP contribution is 2.35. The van der Waals surface area contributed by atoms with Gasteiger partial charge in [0.1, 0.15) is 0 Å². The minimum atomic E-state index is -4.40.